The number of furan rings is 1. The number of benzene rings is 2. The molecule has 1 fully saturated rings. The summed E-state index contributed by atoms with van der Waals surface area (Å²) in [5, 5.41) is 2.23. The number of hydrogen-bond donors (Lipinski definition) is 1. The Morgan fingerprint density at radius 3 is 2.35 bits per heavy atom. The summed E-state index contributed by atoms with van der Waals surface area (Å²) in [6, 6.07) is 19.4. The highest BCUT2D eigenvalue weighted by atomic mass is 16.3. The maximum atomic E-state index is 13.0. The van der Waals surface area contributed by atoms with Crippen LogP contribution in [0.5, 0.6) is 0 Å². The lowest BCUT2D eigenvalue weighted by atomic mass is 9.98. The van der Waals surface area contributed by atoms with E-state index in [1.54, 1.807) is 24.3 Å². The quantitative estimate of drug-likeness (QED) is 0.464. The van der Waals surface area contributed by atoms with Crippen LogP contribution in [-0.2, 0) is 9.59 Å². The Bertz CT molecular complexity index is 1160. The number of urea groups is 1. The zero-order valence-electron chi connectivity index (χ0n) is 17.3. The third-order valence-corrected chi connectivity index (χ3v) is 5.41. The lowest BCUT2D eigenvalue weighted by Crippen LogP contribution is -2.54. The van der Waals surface area contributed by atoms with E-state index >= 15 is 0 Å². The average Bonchev–Trinajstić information content (AvgIpc) is 3.26. The second kappa shape index (κ2) is 8.44. The van der Waals surface area contributed by atoms with Gasteiger partial charge in [0.15, 0.2) is 0 Å². The Labute approximate surface area is 180 Å². The van der Waals surface area contributed by atoms with Crippen molar-refractivity contribution in [2.75, 3.05) is 4.90 Å². The first kappa shape index (κ1) is 20.3. The SMILES string of the molecule is CCC(C)c1ccc(N2C(=O)NC(=O)/C(=C\c3ccc(-c4ccccc4)o3)C2=O)cc1. The fraction of sp³-hybridized carbons (Fsp3) is 0.160. The van der Waals surface area contributed by atoms with Crippen molar-refractivity contribution in [2.45, 2.75) is 26.2 Å². The molecule has 6 nitrogen and oxygen atoms in total. The zero-order valence-corrected chi connectivity index (χ0v) is 17.3. The number of rotatable bonds is 5. The van der Waals surface area contributed by atoms with Gasteiger partial charge in [-0.3, -0.25) is 14.9 Å². The number of carbonyl (C=O) groups is 3. The van der Waals surface area contributed by atoms with E-state index in [-0.39, 0.29) is 5.57 Å². The van der Waals surface area contributed by atoms with Crippen LogP contribution in [0.4, 0.5) is 10.5 Å². The maximum absolute atomic E-state index is 13.0. The second-order valence-corrected chi connectivity index (χ2v) is 7.43. The van der Waals surface area contributed by atoms with Gasteiger partial charge in [-0.25, -0.2) is 9.69 Å². The predicted molar refractivity (Wildman–Crippen MR) is 118 cm³/mol. The van der Waals surface area contributed by atoms with E-state index in [0.29, 0.717) is 23.1 Å². The van der Waals surface area contributed by atoms with Crippen molar-refractivity contribution >= 4 is 29.6 Å². The highest BCUT2D eigenvalue weighted by Gasteiger charge is 2.37. The number of anilines is 1. The molecule has 1 unspecified atom stereocenters. The Hall–Kier alpha value is -3.93. The van der Waals surface area contributed by atoms with Gasteiger partial charge in [0.05, 0.1) is 5.69 Å². The van der Waals surface area contributed by atoms with Crippen LogP contribution >= 0.6 is 0 Å². The van der Waals surface area contributed by atoms with Gasteiger partial charge in [-0.15, -0.1) is 0 Å². The van der Waals surface area contributed by atoms with Crippen molar-refractivity contribution in [1.29, 1.82) is 0 Å². The largest absolute Gasteiger partial charge is 0.457 e. The van der Waals surface area contributed by atoms with Crippen molar-refractivity contribution in [3.8, 4) is 11.3 Å². The molecular weight excluding hydrogens is 392 g/mol. The minimum atomic E-state index is -0.771. The van der Waals surface area contributed by atoms with Crippen LogP contribution in [0, 0.1) is 0 Å². The molecule has 4 amide bonds. The summed E-state index contributed by atoms with van der Waals surface area (Å²) in [5.74, 6) is -0.110. The van der Waals surface area contributed by atoms with E-state index in [0.717, 1.165) is 22.4 Å². The van der Waals surface area contributed by atoms with Crippen LogP contribution < -0.4 is 10.2 Å². The molecule has 1 aliphatic heterocycles. The molecule has 4 rings (SSSR count). The minimum Gasteiger partial charge on any atom is -0.457 e. The number of hydrogen-bond acceptors (Lipinski definition) is 4. The van der Waals surface area contributed by atoms with Crippen LogP contribution in [0.2, 0.25) is 0 Å². The molecular formula is C25H22N2O4. The van der Waals surface area contributed by atoms with Gasteiger partial charge in [0, 0.05) is 5.56 Å². The van der Waals surface area contributed by atoms with Crippen molar-refractivity contribution in [3.05, 3.63) is 83.6 Å². The Balaban J connectivity index is 1.63. The topological polar surface area (TPSA) is 79.6 Å². The van der Waals surface area contributed by atoms with Crippen LogP contribution in [0.15, 0.2) is 76.7 Å². The standard InChI is InChI=1S/C25H22N2O4/c1-3-16(2)17-9-11-19(12-10-17)27-24(29)21(23(28)26-25(27)30)15-20-13-14-22(31-20)18-7-5-4-6-8-18/h4-16H,3H2,1-2H3,(H,26,28,30)/b21-15+. The number of barbiturate groups is 1. The van der Waals surface area contributed by atoms with Crippen LogP contribution in [0.1, 0.15) is 37.5 Å². The van der Waals surface area contributed by atoms with Gasteiger partial charge in [0.2, 0.25) is 0 Å². The molecule has 3 aromatic rings. The van der Waals surface area contributed by atoms with Crippen molar-refractivity contribution in [2.24, 2.45) is 0 Å². The fourth-order valence-corrected chi connectivity index (χ4v) is 3.41. The summed E-state index contributed by atoms with van der Waals surface area (Å²) < 4.78 is 5.78. The number of carbonyl (C=O) groups excluding carboxylic acids is 3. The molecule has 1 atom stereocenters. The first-order chi connectivity index (χ1) is 15.0. The normalized spacial score (nSPS) is 16.5. The molecule has 0 spiro atoms. The lowest BCUT2D eigenvalue weighted by Gasteiger charge is -2.26. The molecule has 31 heavy (non-hydrogen) atoms. The smallest absolute Gasteiger partial charge is 0.335 e. The van der Waals surface area contributed by atoms with Crippen molar-refractivity contribution in [3.63, 3.8) is 0 Å². The van der Waals surface area contributed by atoms with E-state index in [4.69, 9.17) is 4.42 Å². The predicted octanol–water partition coefficient (Wildman–Crippen LogP) is 5.13. The second-order valence-electron chi connectivity index (χ2n) is 7.43. The van der Waals surface area contributed by atoms with Gasteiger partial charge in [0.1, 0.15) is 17.1 Å². The number of nitrogens with zero attached hydrogens (tertiary/aromatic N) is 1. The zero-order chi connectivity index (χ0) is 22.0. The summed E-state index contributed by atoms with van der Waals surface area (Å²) in [6.45, 7) is 4.21. The molecule has 2 heterocycles. The molecule has 1 N–H and O–H groups in total. The van der Waals surface area contributed by atoms with E-state index in [1.165, 1.54) is 6.08 Å². The molecule has 156 valence electrons. The molecule has 1 saturated heterocycles. The third-order valence-electron chi connectivity index (χ3n) is 5.41. The summed E-state index contributed by atoms with van der Waals surface area (Å²) in [7, 11) is 0. The first-order valence-corrected chi connectivity index (χ1v) is 10.1. The molecule has 0 aliphatic carbocycles. The average molecular weight is 414 g/mol. The van der Waals surface area contributed by atoms with Crippen LogP contribution in [0.25, 0.3) is 17.4 Å². The summed E-state index contributed by atoms with van der Waals surface area (Å²) in [4.78, 5) is 38.8. The Kier molecular flexibility index (Phi) is 5.54. The number of imide groups is 2. The molecule has 0 saturated carbocycles. The summed E-state index contributed by atoms with van der Waals surface area (Å²) in [5.41, 5.74) is 2.23. The molecule has 0 radical (unpaired) electrons. The van der Waals surface area contributed by atoms with Gasteiger partial charge in [0.25, 0.3) is 11.8 Å². The third kappa shape index (κ3) is 4.05. The number of amides is 4. The minimum absolute atomic E-state index is 0.167. The number of nitrogens with one attached hydrogen (secondary N) is 1. The van der Waals surface area contributed by atoms with Gasteiger partial charge in [-0.1, -0.05) is 56.3 Å². The Morgan fingerprint density at radius 2 is 1.68 bits per heavy atom. The summed E-state index contributed by atoms with van der Waals surface area (Å²) in [6.07, 6.45) is 2.34. The van der Waals surface area contributed by atoms with Gasteiger partial charge in [-0.2, -0.15) is 0 Å². The van der Waals surface area contributed by atoms with Crippen LogP contribution in [0.3, 0.4) is 0 Å². The monoisotopic (exact) mass is 414 g/mol. The highest BCUT2D eigenvalue weighted by molar-refractivity contribution is 6.39. The molecule has 0 bridgehead atoms. The highest BCUT2D eigenvalue weighted by Crippen LogP contribution is 2.27. The lowest BCUT2D eigenvalue weighted by molar-refractivity contribution is -0.122. The van der Waals surface area contributed by atoms with Crippen molar-refractivity contribution < 1.29 is 18.8 Å². The summed E-state index contributed by atoms with van der Waals surface area (Å²) >= 11 is 0. The molecule has 1 aliphatic rings. The van der Waals surface area contributed by atoms with Crippen LogP contribution in [-0.4, -0.2) is 17.8 Å². The van der Waals surface area contributed by atoms with E-state index in [1.807, 2.05) is 42.5 Å². The van der Waals surface area contributed by atoms with E-state index in [2.05, 4.69) is 19.2 Å². The molecule has 1 aromatic heterocycles. The Morgan fingerprint density at radius 1 is 0.968 bits per heavy atom. The maximum Gasteiger partial charge on any atom is 0.335 e. The van der Waals surface area contributed by atoms with Gasteiger partial charge >= 0.3 is 6.03 Å². The van der Waals surface area contributed by atoms with Gasteiger partial charge < -0.3 is 4.42 Å². The molecule has 6 heteroatoms. The van der Waals surface area contributed by atoms with Crippen molar-refractivity contribution in [1.82, 2.24) is 5.32 Å². The molecule has 2 aromatic carbocycles. The first-order valence-electron chi connectivity index (χ1n) is 10.1. The van der Waals surface area contributed by atoms with Gasteiger partial charge in [-0.05, 0) is 48.2 Å². The van der Waals surface area contributed by atoms with E-state index < -0.39 is 17.8 Å². The van der Waals surface area contributed by atoms with E-state index in [9.17, 15) is 14.4 Å². The fourth-order valence-electron chi connectivity index (χ4n) is 3.41.